The predicted octanol–water partition coefficient (Wildman–Crippen LogP) is 0.619. The van der Waals surface area contributed by atoms with Crippen LogP contribution in [0.25, 0.3) is 0 Å². The van der Waals surface area contributed by atoms with E-state index in [0.717, 1.165) is 25.3 Å². The van der Waals surface area contributed by atoms with Gasteiger partial charge in [-0.2, -0.15) is 12.6 Å². The van der Waals surface area contributed by atoms with Crippen LogP contribution >= 0.6 is 12.6 Å². The predicted molar refractivity (Wildman–Crippen MR) is 47.6 cm³/mol. The first-order chi connectivity index (χ1) is 4.66. The van der Waals surface area contributed by atoms with Crippen molar-refractivity contribution >= 4 is 12.6 Å². The highest BCUT2D eigenvalue weighted by Crippen LogP contribution is 1.91. The van der Waals surface area contributed by atoms with Gasteiger partial charge < -0.3 is 10.0 Å². The van der Waals surface area contributed by atoms with Crippen LogP contribution in [0.1, 0.15) is 13.3 Å². The van der Waals surface area contributed by atoms with Gasteiger partial charge in [-0.25, -0.2) is 0 Å². The zero-order chi connectivity index (χ0) is 7.98. The summed E-state index contributed by atoms with van der Waals surface area (Å²) >= 11 is 4.10. The van der Waals surface area contributed by atoms with Crippen LogP contribution in [0.2, 0.25) is 0 Å². The Morgan fingerprint density at radius 1 is 1.60 bits per heavy atom. The number of rotatable bonds is 5. The van der Waals surface area contributed by atoms with E-state index < -0.39 is 0 Å². The molecule has 0 aliphatic carbocycles. The molecule has 0 fully saturated rings. The van der Waals surface area contributed by atoms with Gasteiger partial charge in [0, 0.05) is 6.54 Å². The van der Waals surface area contributed by atoms with Crippen molar-refractivity contribution in [1.82, 2.24) is 4.90 Å². The van der Waals surface area contributed by atoms with Crippen LogP contribution in [0.5, 0.6) is 0 Å². The van der Waals surface area contributed by atoms with Crippen molar-refractivity contribution in [3.63, 3.8) is 0 Å². The molecule has 3 heteroatoms. The molecule has 10 heavy (non-hydrogen) atoms. The molecule has 0 aliphatic heterocycles. The molecule has 0 bridgehead atoms. The number of nitrogens with zero attached hydrogens (tertiary/aromatic N) is 1. The third-order valence-corrected chi connectivity index (χ3v) is 1.59. The van der Waals surface area contributed by atoms with Crippen LogP contribution in [0.3, 0.4) is 0 Å². The Kier molecular flexibility index (Phi) is 6.17. The van der Waals surface area contributed by atoms with Gasteiger partial charge >= 0.3 is 0 Å². The largest absolute Gasteiger partial charge is 0.392 e. The third kappa shape index (κ3) is 6.39. The molecule has 0 saturated heterocycles. The normalized spacial score (nSPS) is 14.1. The van der Waals surface area contributed by atoms with E-state index in [1.54, 1.807) is 6.92 Å². The lowest BCUT2D eigenvalue weighted by molar-refractivity contribution is 0.142. The molecule has 1 N–H and O–H groups in total. The fraction of sp³-hybridized carbons (Fsp3) is 1.00. The van der Waals surface area contributed by atoms with E-state index in [0.29, 0.717) is 0 Å². The van der Waals surface area contributed by atoms with E-state index in [1.807, 2.05) is 7.05 Å². The van der Waals surface area contributed by atoms with Gasteiger partial charge in [-0.1, -0.05) is 0 Å². The summed E-state index contributed by atoms with van der Waals surface area (Å²) in [5.74, 6) is 0.921. The minimum atomic E-state index is -0.218. The highest BCUT2D eigenvalue weighted by atomic mass is 32.1. The van der Waals surface area contributed by atoms with E-state index in [1.165, 1.54) is 0 Å². The zero-order valence-electron chi connectivity index (χ0n) is 6.75. The zero-order valence-corrected chi connectivity index (χ0v) is 7.64. The summed E-state index contributed by atoms with van der Waals surface area (Å²) in [5, 5.41) is 8.96. The van der Waals surface area contributed by atoms with Gasteiger partial charge in [-0.05, 0) is 32.7 Å². The lowest BCUT2D eigenvalue weighted by atomic mass is 10.3. The fourth-order valence-electron chi connectivity index (χ4n) is 0.883. The lowest BCUT2D eigenvalue weighted by Crippen LogP contribution is -2.28. The quantitative estimate of drug-likeness (QED) is 0.580. The van der Waals surface area contributed by atoms with Gasteiger partial charge in [0.15, 0.2) is 0 Å². The van der Waals surface area contributed by atoms with Crippen LogP contribution in [-0.2, 0) is 0 Å². The molecule has 0 rings (SSSR count). The van der Waals surface area contributed by atoms with Gasteiger partial charge in [0.1, 0.15) is 0 Å². The first-order valence-electron chi connectivity index (χ1n) is 3.64. The van der Waals surface area contributed by atoms with Gasteiger partial charge in [0.2, 0.25) is 0 Å². The second-order valence-corrected chi connectivity index (χ2v) is 3.14. The van der Waals surface area contributed by atoms with Crippen molar-refractivity contribution in [3.05, 3.63) is 0 Å². The standard InChI is InChI=1S/C7H17NOS/c1-7(9)6-8(2)4-3-5-10/h7,9-10H,3-6H2,1-2H3. The smallest absolute Gasteiger partial charge is 0.0638 e. The van der Waals surface area contributed by atoms with Crippen molar-refractivity contribution in [3.8, 4) is 0 Å². The van der Waals surface area contributed by atoms with Crippen molar-refractivity contribution in [1.29, 1.82) is 0 Å². The van der Waals surface area contributed by atoms with E-state index in [4.69, 9.17) is 5.11 Å². The Labute approximate surface area is 68.6 Å². The Balaban J connectivity index is 3.16. The van der Waals surface area contributed by atoms with Crippen molar-refractivity contribution in [2.45, 2.75) is 19.4 Å². The molecule has 0 aliphatic rings. The molecule has 2 nitrogen and oxygen atoms in total. The summed E-state index contributed by atoms with van der Waals surface area (Å²) in [7, 11) is 2.01. The molecule has 0 aromatic carbocycles. The molecule has 1 unspecified atom stereocenters. The molecule has 62 valence electrons. The summed E-state index contributed by atoms with van der Waals surface area (Å²) in [6.07, 6.45) is 0.872. The number of aliphatic hydroxyl groups excluding tert-OH is 1. The van der Waals surface area contributed by atoms with Gasteiger partial charge in [0.05, 0.1) is 6.10 Å². The Morgan fingerprint density at radius 3 is 2.60 bits per heavy atom. The maximum Gasteiger partial charge on any atom is 0.0638 e. The highest BCUT2D eigenvalue weighted by molar-refractivity contribution is 7.80. The number of aliphatic hydroxyl groups is 1. The van der Waals surface area contributed by atoms with Crippen LogP contribution in [-0.4, -0.2) is 42.0 Å². The van der Waals surface area contributed by atoms with Gasteiger partial charge in [0.25, 0.3) is 0 Å². The minimum Gasteiger partial charge on any atom is -0.392 e. The van der Waals surface area contributed by atoms with Gasteiger partial charge in [-0.15, -0.1) is 0 Å². The molecule has 0 spiro atoms. The van der Waals surface area contributed by atoms with E-state index in [9.17, 15) is 0 Å². The number of hydrogen-bond donors (Lipinski definition) is 2. The molecule has 0 amide bonds. The van der Waals surface area contributed by atoms with Crippen LogP contribution < -0.4 is 0 Å². The summed E-state index contributed by atoms with van der Waals surface area (Å²) in [6, 6.07) is 0. The molecule has 0 radical (unpaired) electrons. The van der Waals surface area contributed by atoms with Crippen molar-refractivity contribution in [2.24, 2.45) is 0 Å². The topological polar surface area (TPSA) is 23.5 Å². The molecule has 0 heterocycles. The molecule has 0 saturated carbocycles. The lowest BCUT2D eigenvalue weighted by Gasteiger charge is -2.17. The molecular formula is C7H17NOS. The average Bonchev–Trinajstić information content (AvgIpc) is 1.82. The second kappa shape index (κ2) is 6.01. The van der Waals surface area contributed by atoms with Crippen LogP contribution in [0, 0.1) is 0 Å². The number of thiol groups is 1. The minimum absolute atomic E-state index is 0.218. The monoisotopic (exact) mass is 163 g/mol. The van der Waals surface area contributed by atoms with E-state index in [-0.39, 0.29) is 6.10 Å². The van der Waals surface area contributed by atoms with E-state index >= 15 is 0 Å². The fourth-order valence-corrected chi connectivity index (χ4v) is 1.02. The highest BCUT2D eigenvalue weighted by Gasteiger charge is 2.00. The summed E-state index contributed by atoms with van der Waals surface area (Å²) < 4.78 is 0. The second-order valence-electron chi connectivity index (χ2n) is 2.69. The maximum atomic E-state index is 8.96. The molecule has 1 atom stereocenters. The Hall–Kier alpha value is 0.270. The summed E-state index contributed by atoms with van der Waals surface area (Å²) in [5.41, 5.74) is 0. The van der Waals surface area contributed by atoms with Crippen LogP contribution in [0.4, 0.5) is 0 Å². The number of likely N-dealkylation sites (N-methyl/N-ethyl adjacent to an activating group) is 1. The first-order valence-corrected chi connectivity index (χ1v) is 4.27. The SMILES string of the molecule is CC(O)CN(C)CCCS. The number of hydrogen-bond acceptors (Lipinski definition) is 3. The Morgan fingerprint density at radius 2 is 2.20 bits per heavy atom. The van der Waals surface area contributed by atoms with E-state index in [2.05, 4.69) is 17.5 Å². The summed E-state index contributed by atoms with van der Waals surface area (Å²) in [6.45, 7) is 3.58. The molecule has 0 aromatic heterocycles. The Bertz CT molecular complexity index is 78.0. The average molecular weight is 163 g/mol. The van der Waals surface area contributed by atoms with Crippen molar-refractivity contribution < 1.29 is 5.11 Å². The first kappa shape index (κ1) is 10.3. The molecule has 0 aromatic rings. The third-order valence-electron chi connectivity index (χ3n) is 1.27. The van der Waals surface area contributed by atoms with Crippen molar-refractivity contribution in [2.75, 3.05) is 25.9 Å². The van der Waals surface area contributed by atoms with Crippen LogP contribution in [0.15, 0.2) is 0 Å². The van der Waals surface area contributed by atoms with Gasteiger partial charge in [-0.3, -0.25) is 0 Å². The maximum absolute atomic E-state index is 8.96. The molecular weight excluding hydrogens is 146 g/mol. The summed E-state index contributed by atoms with van der Waals surface area (Å²) in [4.78, 5) is 2.11.